The van der Waals surface area contributed by atoms with E-state index in [0.29, 0.717) is 31.2 Å². The summed E-state index contributed by atoms with van der Waals surface area (Å²) in [5.41, 5.74) is 78.6. The van der Waals surface area contributed by atoms with Crippen LogP contribution < -0.4 is 117 Å². The zero-order chi connectivity index (χ0) is 69.4. The first kappa shape index (κ1) is 78.9. The fourth-order valence-corrected chi connectivity index (χ4v) is 9.54. The third-order valence-corrected chi connectivity index (χ3v) is 14.2. The second-order valence-corrected chi connectivity index (χ2v) is 21.9. The molecule has 0 aromatic heterocycles. The first-order valence-corrected chi connectivity index (χ1v) is 30.6. The van der Waals surface area contributed by atoms with Crippen LogP contribution in [0.15, 0.2) is 54.2 Å². The number of rotatable bonds is 45. The highest BCUT2D eigenvalue weighted by atomic mass is 16.3. The van der Waals surface area contributed by atoms with Gasteiger partial charge in [-0.1, -0.05) is 12.1 Å². The van der Waals surface area contributed by atoms with Gasteiger partial charge in [0.2, 0.25) is 53.2 Å². The van der Waals surface area contributed by atoms with Crippen molar-refractivity contribution in [1.29, 1.82) is 0 Å². The second kappa shape index (κ2) is 43.5. The Morgan fingerprint density at radius 1 is 0.409 bits per heavy atom. The molecule has 1 saturated heterocycles. The number of carbonyl (C=O) groups is 9. The summed E-state index contributed by atoms with van der Waals surface area (Å²) in [6.45, 7) is 0.598. The Morgan fingerprint density at radius 2 is 0.688 bits per heavy atom. The number of hydrogen-bond donors (Lipinski definition) is 22. The molecule has 93 heavy (non-hydrogen) atoms. The molecule has 0 spiro atoms. The topological polar surface area (TPSA) is 700 Å². The zero-order valence-electron chi connectivity index (χ0n) is 52.6. The number of aliphatic imine (C=N–C) groups is 6. The van der Waals surface area contributed by atoms with Crippen molar-refractivity contribution in [3.63, 3.8) is 0 Å². The number of phenols is 1. The van der Waals surface area contributed by atoms with Gasteiger partial charge in [0.05, 0.1) is 6.42 Å². The predicted octanol–water partition coefficient (Wildman–Crippen LogP) is -8.74. The molecular weight excluding hydrogens is 1210 g/mol. The number of nitrogens with zero attached hydrogens (tertiary/aromatic N) is 7. The van der Waals surface area contributed by atoms with Crippen LogP contribution >= 0.6 is 0 Å². The van der Waals surface area contributed by atoms with Crippen molar-refractivity contribution in [2.75, 3.05) is 52.4 Å². The molecule has 0 bridgehead atoms. The third kappa shape index (κ3) is 33.5. The first-order valence-electron chi connectivity index (χ1n) is 30.6. The number of benzene rings is 1. The fourth-order valence-electron chi connectivity index (χ4n) is 9.54. The van der Waals surface area contributed by atoms with Gasteiger partial charge in [-0.25, -0.2) is 0 Å². The Balaban J connectivity index is 2.63. The number of phenolic OH excluding ortho intramolecular Hbond substituents is 1. The number of nitrogens with two attached hydrogens (primary N) is 14. The quantitative estimate of drug-likeness (QED) is 0.0164. The summed E-state index contributed by atoms with van der Waals surface area (Å²) < 4.78 is 0. The first-order chi connectivity index (χ1) is 44.1. The predicted molar refractivity (Wildman–Crippen MR) is 352 cm³/mol. The van der Waals surface area contributed by atoms with Crippen molar-refractivity contribution in [1.82, 2.24) is 42.1 Å². The molecule has 520 valence electrons. The van der Waals surface area contributed by atoms with Crippen molar-refractivity contribution in [2.45, 2.75) is 164 Å². The smallest absolute Gasteiger partial charge is 0.243 e. The van der Waals surface area contributed by atoms with Gasteiger partial charge in [-0.3, -0.25) is 73.1 Å². The van der Waals surface area contributed by atoms with Gasteiger partial charge in [-0.2, -0.15) is 0 Å². The minimum atomic E-state index is -1.50. The van der Waals surface area contributed by atoms with Crippen molar-refractivity contribution in [3.05, 3.63) is 29.8 Å². The van der Waals surface area contributed by atoms with E-state index in [9.17, 15) is 48.3 Å². The van der Waals surface area contributed by atoms with Gasteiger partial charge in [-0.05, 0) is 133 Å². The van der Waals surface area contributed by atoms with Gasteiger partial charge >= 0.3 is 0 Å². The molecule has 1 aromatic rings. The van der Waals surface area contributed by atoms with Gasteiger partial charge in [-0.15, -0.1) is 0 Å². The standard InChI is InChI=1S/C55H100N28O10/c56-22-2-1-10-34(82-49(93)40-17-9-29-83(40)41(85)30-31-18-20-32(84)21-19-31)44(88)78-36(13-5-25-72-52(62)63)46(90)80-38(15-7-27-74-54(66)67)48(92)81-39(16-8-28-75-55(68)69)47(91)79-37(14-6-26-73-53(64)65)45(89)77-35(12-4-24-71-51(60)61)43(87)76-33(42(57)86)11-3-23-70-50(58)59/h18-21,33-40,84H,1-17,22-30,56H2,(H2,57,86)(H,76,87)(H,77,89)(H,78,88)(H,79,91)(H,80,90)(H,81,92)(H,82,93)(H4,58,59,70)(H4,60,61,71)(H4,62,63,72)(H4,64,65,73)(H4,66,67,74)(H4,68,69,75)/t33-,34-,35-,36-,37-,38-,39-,40+/m0/s1. The number of unbranched alkanes of at least 4 members (excludes halogenated alkanes) is 1. The maximum absolute atomic E-state index is 14.7. The number of guanidine groups is 6. The van der Waals surface area contributed by atoms with Gasteiger partial charge in [0.25, 0.3) is 0 Å². The molecule has 1 aromatic carbocycles. The number of hydrogen-bond acceptors (Lipinski definition) is 17. The maximum atomic E-state index is 14.7. The van der Waals surface area contributed by atoms with Crippen molar-refractivity contribution < 1.29 is 48.3 Å². The summed E-state index contributed by atoms with van der Waals surface area (Å²) in [5, 5.41) is 28.5. The fraction of sp³-hybridized carbons (Fsp3) is 0.618. The van der Waals surface area contributed by atoms with E-state index in [1.807, 2.05) is 0 Å². The van der Waals surface area contributed by atoms with Crippen LogP contribution in [0.25, 0.3) is 0 Å². The maximum Gasteiger partial charge on any atom is 0.243 e. The van der Waals surface area contributed by atoms with Crippen LogP contribution in [0, 0.1) is 0 Å². The summed E-state index contributed by atoms with van der Waals surface area (Å²) in [7, 11) is 0. The molecule has 9 amide bonds. The van der Waals surface area contributed by atoms with Crippen LogP contribution in [0.5, 0.6) is 5.75 Å². The van der Waals surface area contributed by atoms with Crippen LogP contribution in [0.1, 0.15) is 115 Å². The van der Waals surface area contributed by atoms with Crippen LogP contribution in [0.2, 0.25) is 0 Å². The second-order valence-electron chi connectivity index (χ2n) is 21.9. The van der Waals surface area contributed by atoms with Gasteiger partial charge in [0.1, 0.15) is 54.1 Å². The number of likely N-dealkylation sites (tertiary alicyclic amines) is 1. The summed E-state index contributed by atoms with van der Waals surface area (Å²) in [5.74, 6) is -8.57. The number of primary amides is 1. The average molecular weight is 1310 g/mol. The molecule has 36 N–H and O–H groups in total. The molecule has 8 atom stereocenters. The molecule has 0 unspecified atom stereocenters. The van der Waals surface area contributed by atoms with E-state index in [1.165, 1.54) is 17.0 Å². The lowest BCUT2D eigenvalue weighted by molar-refractivity contribution is -0.139. The molecule has 38 nitrogen and oxygen atoms in total. The van der Waals surface area contributed by atoms with E-state index in [4.69, 9.17) is 80.3 Å². The van der Waals surface area contributed by atoms with Gasteiger partial charge in [0.15, 0.2) is 35.8 Å². The molecule has 1 fully saturated rings. The Hall–Kier alpha value is -10.2. The van der Waals surface area contributed by atoms with Crippen molar-refractivity contribution in [3.8, 4) is 5.75 Å². The molecule has 0 saturated carbocycles. The van der Waals surface area contributed by atoms with E-state index >= 15 is 0 Å². The monoisotopic (exact) mass is 1310 g/mol. The Bertz CT molecular complexity index is 2760. The molecular formula is C55H100N28O10. The lowest BCUT2D eigenvalue weighted by atomic mass is 10.0. The lowest BCUT2D eigenvalue weighted by Gasteiger charge is -2.29. The van der Waals surface area contributed by atoms with E-state index < -0.39 is 95.6 Å². The Kier molecular flexibility index (Phi) is 36.9. The number of carbonyl (C=O) groups excluding carboxylic acids is 9. The summed E-state index contributed by atoms with van der Waals surface area (Å²) >= 11 is 0. The molecule has 0 radical (unpaired) electrons. The van der Waals surface area contributed by atoms with Crippen LogP contribution in [0.4, 0.5) is 0 Å². The average Bonchev–Trinajstić information content (AvgIpc) is 1.85. The SMILES string of the molecule is NCCCC[C@H](NC(=O)[C@H]1CCCN1C(=O)Cc1ccc(O)cc1)C(=O)N[C@@H](CCCN=C(N)N)C(=O)N[C@@H](CCCN=C(N)N)C(=O)N[C@@H](CCCN=C(N)N)C(=O)N[C@@H](CCCN=C(N)N)C(=O)N[C@@H](CCCN=C(N)N)C(=O)N[C@@H](CCCN=C(N)N)C(N)=O. The van der Waals surface area contributed by atoms with Gasteiger partial charge in [0, 0.05) is 45.8 Å². The minimum absolute atomic E-state index is 0.00649. The number of amides is 9. The summed E-state index contributed by atoms with van der Waals surface area (Å²) in [6.07, 6.45) is 1.66. The van der Waals surface area contributed by atoms with Crippen molar-refractivity contribution in [2.24, 2.45) is 110 Å². The summed E-state index contributed by atoms with van der Waals surface area (Å²) in [6, 6.07) is -4.58. The molecule has 1 aliphatic heterocycles. The largest absolute Gasteiger partial charge is 0.508 e. The van der Waals surface area contributed by atoms with Crippen LogP contribution in [-0.2, 0) is 49.6 Å². The molecule has 2 rings (SSSR count). The summed E-state index contributed by atoms with van der Waals surface area (Å²) in [4.78, 5) is 152. The minimum Gasteiger partial charge on any atom is -0.508 e. The lowest BCUT2D eigenvalue weighted by Crippen LogP contribution is -2.60. The third-order valence-electron chi connectivity index (χ3n) is 14.2. The highest BCUT2D eigenvalue weighted by molar-refractivity contribution is 5.98. The van der Waals surface area contributed by atoms with E-state index in [1.54, 1.807) is 12.1 Å². The molecule has 38 heteroatoms. The van der Waals surface area contributed by atoms with E-state index in [2.05, 4.69) is 67.2 Å². The Morgan fingerprint density at radius 3 is 0.978 bits per heavy atom. The van der Waals surface area contributed by atoms with E-state index in [0.717, 1.165) is 0 Å². The molecule has 1 aliphatic rings. The molecule has 0 aliphatic carbocycles. The van der Waals surface area contributed by atoms with E-state index in [-0.39, 0.29) is 190 Å². The number of nitrogens with one attached hydrogen (secondary N) is 7. The Labute approximate surface area is 539 Å². The van der Waals surface area contributed by atoms with Crippen LogP contribution in [0.3, 0.4) is 0 Å². The zero-order valence-corrected chi connectivity index (χ0v) is 52.6. The van der Waals surface area contributed by atoms with Gasteiger partial charge < -0.3 is 127 Å². The molecule has 1 heterocycles. The number of aromatic hydroxyl groups is 1. The highest BCUT2D eigenvalue weighted by Gasteiger charge is 2.38. The normalized spacial score (nSPS) is 14.6. The van der Waals surface area contributed by atoms with Crippen molar-refractivity contribution >= 4 is 88.9 Å². The highest BCUT2D eigenvalue weighted by Crippen LogP contribution is 2.21. The van der Waals surface area contributed by atoms with Crippen LogP contribution in [-0.4, -0.2) is 200 Å².